The van der Waals surface area contributed by atoms with Crippen LogP contribution < -0.4 is 10.6 Å². The van der Waals surface area contributed by atoms with E-state index in [1.807, 2.05) is 36.2 Å². The van der Waals surface area contributed by atoms with Gasteiger partial charge in [0.1, 0.15) is 0 Å². The first-order valence-electron chi connectivity index (χ1n) is 9.96. The van der Waals surface area contributed by atoms with Crippen molar-refractivity contribution in [1.29, 1.82) is 0 Å². The van der Waals surface area contributed by atoms with Crippen LogP contribution in [0.2, 0.25) is 0 Å². The van der Waals surface area contributed by atoms with E-state index in [2.05, 4.69) is 17.6 Å². The van der Waals surface area contributed by atoms with Crippen LogP contribution in [-0.2, 0) is 4.79 Å². The Bertz CT molecular complexity index is 646. The van der Waals surface area contributed by atoms with Crippen LogP contribution in [0, 0.1) is 5.92 Å². The predicted octanol–water partition coefficient (Wildman–Crippen LogP) is 3.84. The number of nitrogens with one attached hydrogen (secondary N) is 2. The van der Waals surface area contributed by atoms with Gasteiger partial charge in [0, 0.05) is 25.0 Å². The van der Waals surface area contributed by atoms with Crippen LogP contribution >= 0.6 is 12.4 Å². The minimum atomic E-state index is 0. The molecule has 0 spiro atoms. The summed E-state index contributed by atoms with van der Waals surface area (Å²) >= 11 is 0. The Morgan fingerprint density at radius 1 is 1.11 bits per heavy atom. The SMILES string of the molecule is C[C@H]1C[C@@H](C(=O)Nc2ccccc2C(=O)N(C)C2CCCCC2)CCN1.Cl. The molecular weight excluding hydrogens is 362 g/mol. The van der Waals surface area contributed by atoms with Crippen molar-refractivity contribution in [2.24, 2.45) is 5.92 Å². The van der Waals surface area contributed by atoms with Gasteiger partial charge in [-0.2, -0.15) is 0 Å². The third-order valence-electron chi connectivity index (χ3n) is 5.85. The predicted molar refractivity (Wildman–Crippen MR) is 111 cm³/mol. The van der Waals surface area contributed by atoms with Crippen LogP contribution in [0.3, 0.4) is 0 Å². The monoisotopic (exact) mass is 393 g/mol. The summed E-state index contributed by atoms with van der Waals surface area (Å²) < 4.78 is 0. The number of anilines is 1. The lowest BCUT2D eigenvalue weighted by molar-refractivity contribution is -0.120. The topological polar surface area (TPSA) is 61.4 Å². The summed E-state index contributed by atoms with van der Waals surface area (Å²) in [5, 5.41) is 6.40. The van der Waals surface area contributed by atoms with Crippen molar-refractivity contribution < 1.29 is 9.59 Å². The summed E-state index contributed by atoms with van der Waals surface area (Å²) in [7, 11) is 1.89. The number of amides is 2. The molecule has 1 aromatic carbocycles. The Hall–Kier alpha value is -1.59. The van der Waals surface area contributed by atoms with E-state index >= 15 is 0 Å². The van der Waals surface area contributed by atoms with Gasteiger partial charge in [-0.1, -0.05) is 31.4 Å². The summed E-state index contributed by atoms with van der Waals surface area (Å²) in [6.07, 6.45) is 7.47. The van der Waals surface area contributed by atoms with Crippen LogP contribution in [0.5, 0.6) is 0 Å². The molecule has 2 N–H and O–H groups in total. The third kappa shape index (κ3) is 5.45. The fraction of sp³-hybridized carbons (Fsp3) is 0.619. The molecule has 0 radical (unpaired) electrons. The summed E-state index contributed by atoms with van der Waals surface area (Å²) in [5.74, 6) is 0.0379. The number of halogens is 1. The third-order valence-corrected chi connectivity index (χ3v) is 5.85. The fourth-order valence-corrected chi connectivity index (χ4v) is 4.21. The quantitative estimate of drug-likeness (QED) is 0.816. The molecule has 1 saturated carbocycles. The molecular formula is C21H32ClN3O2. The van der Waals surface area contributed by atoms with E-state index in [1.54, 1.807) is 0 Å². The maximum Gasteiger partial charge on any atom is 0.255 e. The number of para-hydroxylation sites is 1. The smallest absolute Gasteiger partial charge is 0.255 e. The number of hydrogen-bond acceptors (Lipinski definition) is 3. The van der Waals surface area contributed by atoms with Crippen LogP contribution in [0.15, 0.2) is 24.3 Å². The van der Waals surface area contributed by atoms with Gasteiger partial charge < -0.3 is 15.5 Å². The van der Waals surface area contributed by atoms with Gasteiger partial charge in [-0.05, 0) is 51.3 Å². The lowest BCUT2D eigenvalue weighted by Gasteiger charge is -2.32. The maximum absolute atomic E-state index is 13.0. The molecule has 150 valence electrons. The Labute approximate surface area is 168 Å². The molecule has 6 heteroatoms. The van der Waals surface area contributed by atoms with Crippen molar-refractivity contribution in [2.75, 3.05) is 18.9 Å². The molecule has 27 heavy (non-hydrogen) atoms. The largest absolute Gasteiger partial charge is 0.339 e. The molecule has 1 aliphatic carbocycles. The fourth-order valence-electron chi connectivity index (χ4n) is 4.21. The average Bonchev–Trinajstić information content (AvgIpc) is 2.68. The van der Waals surface area contributed by atoms with Crippen LogP contribution in [0.25, 0.3) is 0 Å². The van der Waals surface area contributed by atoms with Gasteiger partial charge in [-0.25, -0.2) is 0 Å². The second-order valence-electron chi connectivity index (χ2n) is 7.82. The molecule has 1 aliphatic heterocycles. The molecule has 0 aromatic heterocycles. The normalized spacial score (nSPS) is 23.2. The van der Waals surface area contributed by atoms with Gasteiger partial charge in [-0.15, -0.1) is 12.4 Å². The highest BCUT2D eigenvalue weighted by molar-refractivity contribution is 6.04. The standard InChI is InChI=1S/C21H31N3O2.ClH/c1-15-14-16(12-13-22-15)20(25)23-19-11-7-6-10-18(19)21(26)24(2)17-8-4-3-5-9-17;/h6-7,10-11,15-17,22H,3-5,8-9,12-14H2,1-2H3,(H,23,25);1H/t15-,16-;/m0./s1. The zero-order valence-electron chi connectivity index (χ0n) is 16.4. The number of carbonyl (C=O) groups excluding carboxylic acids is 2. The number of hydrogen-bond donors (Lipinski definition) is 2. The van der Waals surface area contributed by atoms with Gasteiger partial charge in [0.15, 0.2) is 0 Å². The van der Waals surface area contributed by atoms with E-state index in [-0.39, 0.29) is 30.1 Å². The molecule has 3 rings (SSSR count). The minimum absolute atomic E-state index is 0. The number of nitrogens with zero attached hydrogens (tertiary/aromatic N) is 1. The molecule has 1 saturated heterocycles. The summed E-state index contributed by atoms with van der Waals surface area (Å²) in [6, 6.07) is 8.06. The molecule has 0 unspecified atom stereocenters. The number of carbonyl (C=O) groups is 2. The molecule has 1 heterocycles. The molecule has 2 atom stereocenters. The molecule has 5 nitrogen and oxygen atoms in total. The molecule has 2 aliphatic rings. The molecule has 2 fully saturated rings. The molecule has 2 amide bonds. The van der Waals surface area contributed by atoms with E-state index in [0.717, 1.165) is 32.2 Å². The Morgan fingerprint density at radius 3 is 2.52 bits per heavy atom. The van der Waals surface area contributed by atoms with E-state index in [4.69, 9.17) is 0 Å². The second kappa shape index (κ2) is 10.1. The van der Waals surface area contributed by atoms with Crippen molar-refractivity contribution in [2.45, 2.75) is 64.0 Å². The summed E-state index contributed by atoms with van der Waals surface area (Å²) in [5.41, 5.74) is 1.23. The summed E-state index contributed by atoms with van der Waals surface area (Å²) in [6.45, 7) is 2.97. The summed E-state index contributed by atoms with van der Waals surface area (Å²) in [4.78, 5) is 27.6. The number of rotatable bonds is 4. The molecule has 1 aromatic rings. The maximum atomic E-state index is 13.0. The van der Waals surface area contributed by atoms with Crippen molar-refractivity contribution >= 4 is 29.9 Å². The van der Waals surface area contributed by atoms with Crippen molar-refractivity contribution in [1.82, 2.24) is 10.2 Å². The first kappa shape index (κ1) is 21.7. The van der Waals surface area contributed by atoms with E-state index in [9.17, 15) is 9.59 Å². The zero-order chi connectivity index (χ0) is 18.5. The van der Waals surface area contributed by atoms with E-state index in [1.165, 1.54) is 19.3 Å². The highest BCUT2D eigenvalue weighted by atomic mass is 35.5. The lowest BCUT2D eigenvalue weighted by Crippen LogP contribution is -2.41. The van der Waals surface area contributed by atoms with Gasteiger partial charge in [0.2, 0.25) is 5.91 Å². The number of benzene rings is 1. The Balaban J connectivity index is 0.00000261. The number of piperidine rings is 1. The van der Waals surface area contributed by atoms with Crippen molar-refractivity contribution in [3.63, 3.8) is 0 Å². The highest BCUT2D eigenvalue weighted by Gasteiger charge is 2.27. The van der Waals surface area contributed by atoms with Gasteiger partial charge in [-0.3, -0.25) is 9.59 Å². The van der Waals surface area contributed by atoms with Crippen molar-refractivity contribution in [3.8, 4) is 0 Å². The van der Waals surface area contributed by atoms with Crippen LogP contribution in [0.1, 0.15) is 62.2 Å². The van der Waals surface area contributed by atoms with Crippen LogP contribution in [-0.4, -0.2) is 42.4 Å². The van der Waals surface area contributed by atoms with E-state index < -0.39 is 0 Å². The first-order chi connectivity index (χ1) is 12.6. The van der Waals surface area contributed by atoms with Gasteiger partial charge >= 0.3 is 0 Å². The Kier molecular flexibility index (Phi) is 8.11. The average molecular weight is 394 g/mol. The molecule has 0 bridgehead atoms. The lowest BCUT2D eigenvalue weighted by atomic mass is 9.92. The Morgan fingerprint density at radius 2 is 1.81 bits per heavy atom. The highest BCUT2D eigenvalue weighted by Crippen LogP contribution is 2.26. The van der Waals surface area contributed by atoms with E-state index in [0.29, 0.717) is 23.3 Å². The minimum Gasteiger partial charge on any atom is -0.339 e. The van der Waals surface area contributed by atoms with Gasteiger partial charge in [0.05, 0.1) is 11.3 Å². The zero-order valence-corrected chi connectivity index (χ0v) is 17.2. The van der Waals surface area contributed by atoms with Crippen LogP contribution in [0.4, 0.5) is 5.69 Å². The first-order valence-corrected chi connectivity index (χ1v) is 9.96. The van der Waals surface area contributed by atoms with Crippen molar-refractivity contribution in [3.05, 3.63) is 29.8 Å². The second-order valence-corrected chi connectivity index (χ2v) is 7.82. The van der Waals surface area contributed by atoms with Gasteiger partial charge in [0.25, 0.3) is 5.91 Å².